The zero-order valence-electron chi connectivity index (χ0n) is 11.5. The van der Waals surface area contributed by atoms with Gasteiger partial charge < -0.3 is 14.4 Å². The van der Waals surface area contributed by atoms with Crippen LogP contribution in [0, 0.1) is 0 Å². The molecule has 3 rings (SSSR count). The monoisotopic (exact) mass is 309 g/mol. The first-order valence-corrected chi connectivity index (χ1v) is 7.42. The highest BCUT2D eigenvalue weighted by Crippen LogP contribution is 2.26. The summed E-state index contributed by atoms with van der Waals surface area (Å²) in [6.45, 7) is 3.47. The van der Waals surface area contributed by atoms with Crippen molar-refractivity contribution in [1.29, 1.82) is 0 Å². The van der Waals surface area contributed by atoms with E-state index in [1.54, 1.807) is 11.3 Å². The quantitative estimate of drug-likeness (QED) is 0.864. The Balaban J connectivity index is 1.52. The number of carboxylic acids is 1. The maximum atomic E-state index is 10.5. The van der Waals surface area contributed by atoms with Crippen LogP contribution >= 0.6 is 11.3 Å². The van der Waals surface area contributed by atoms with E-state index in [4.69, 9.17) is 14.4 Å². The van der Waals surface area contributed by atoms with Crippen molar-refractivity contribution in [2.24, 2.45) is 0 Å². The van der Waals surface area contributed by atoms with Crippen LogP contribution in [0.25, 0.3) is 11.4 Å². The molecule has 0 amide bonds. The fourth-order valence-electron chi connectivity index (χ4n) is 2.36. The Hall–Kier alpha value is -1.77. The highest BCUT2D eigenvalue weighted by molar-refractivity contribution is 7.08. The smallest absolute Gasteiger partial charge is 0.329 e. The fourth-order valence-corrected chi connectivity index (χ4v) is 2.99. The molecule has 3 heterocycles. The minimum atomic E-state index is -0.952. The van der Waals surface area contributed by atoms with Crippen molar-refractivity contribution in [3.8, 4) is 11.4 Å². The van der Waals surface area contributed by atoms with E-state index in [9.17, 15) is 4.79 Å². The molecular weight excluding hydrogens is 294 g/mol. The number of carbonyl (C=O) groups is 1. The molecule has 1 fully saturated rings. The van der Waals surface area contributed by atoms with Crippen LogP contribution in [0.15, 0.2) is 21.3 Å². The number of hydrogen-bond donors (Lipinski definition) is 1. The lowest BCUT2D eigenvalue weighted by Gasteiger charge is -2.46. The third kappa shape index (κ3) is 3.29. The summed E-state index contributed by atoms with van der Waals surface area (Å²) in [7, 11) is 0. The van der Waals surface area contributed by atoms with Crippen molar-refractivity contribution in [1.82, 2.24) is 15.0 Å². The van der Waals surface area contributed by atoms with Crippen molar-refractivity contribution < 1.29 is 19.2 Å². The highest BCUT2D eigenvalue weighted by atomic mass is 32.1. The summed E-state index contributed by atoms with van der Waals surface area (Å²) >= 11 is 1.58. The van der Waals surface area contributed by atoms with E-state index in [1.807, 2.05) is 23.8 Å². The van der Waals surface area contributed by atoms with Crippen LogP contribution < -0.4 is 0 Å². The molecule has 0 aliphatic carbocycles. The van der Waals surface area contributed by atoms with Crippen molar-refractivity contribution in [2.45, 2.75) is 19.1 Å². The van der Waals surface area contributed by atoms with Gasteiger partial charge in [-0.3, -0.25) is 4.90 Å². The molecule has 0 spiro atoms. The average molecular weight is 309 g/mol. The van der Waals surface area contributed by atoms with Crippen molar-refractivity contribution in [3.63, 3.8) is 0 Å². The van der Waals surface area contributed by atoms with Gasteiger partial charge in [0, 0.05) is 24.0 Å². The van der Waals surface area contributed by atoms with Crippen LogP contribution in [-0.2, 0) is 16.1 Å². The highest BCUT2D eigenvalue weighted by Gasteiger charge is 2.40. The molecule has 0 bridgehead atoms. The van der Waals surface area contributed by atoms with Crippen molar-refractivity contribution in [2.75, 3.05) is 19.7 Å². The SMILES string of the molecule is CC1(OCC(=O)O)CN(Cc2nc(-c3ccsc3)no2)C1. The van der Waals surface area contributed by atoms with Gasteiger partial charge in [-0.1, -0.05) is 5.16 Å². The van der Waals surface area contributed by atoms with Gasteiger partial charge >= 0.3 is 5.97 Å². The third-order valence-corrected chi connectivity index (χ3v) is 3.95. The number of aliphatic carboxylic acids is 1. The Morgan fingerprint density at radius 3 is 3.10 bits per heavy atom. The van der Waals surface area contributed by atoms with Crippen LogP contribution in [0.1, 0.15) is 12.8 Å². The number of hydrogen-bond acceptors (Lipinski definition) is 7. The lowest BCUT2D eigenvalue weighted by Crippen LogP contribution is -2.61. The van der Waals surface area contributed by atoms with Crippen LogP contribution in [0.3, 0.4) is 0 Å². The van der Waals surface area contributed by atoms with Crippen LogP contribution in [-0.4, -0.2) is 51.4 Å². The number of rotatable bonds is 6. The number of ether oxygens (including phenoxy) is 1. The van der Waals surface area contributed by atoms with Crippen molar-refractivity contribution >= 4 is 17.3 Å². The summed E-state index contributed by atoms with van der Waals surface area (Å²) in [6, 6.07) is 1.94. The van der Waals surface area contributed by atoms with Gasteiger partial charge in [0.15, 0.2) is 0 Å². The number of aromatic nitrogens is 2. The second kappa shape index (κ2) is 5.55. The Labute approximate surface area is 125 Å². The van der Waals surface area contributed by atoms with E-state index in [0.29, 0.717) is 31.3 Å². The van der Waals surface area contributed by atoms with Crippen LogP contribution in [0.5, 0.6) is 0 Å². The Kier molecular flexibility index (Phi) is 3.75. The number of nitrogens with zero attached hydrogens (tertiary/aromatic N) is 3. The van der Waals surface area contributed by atoms with E-state index < -0.39 is 11.6 Å². The summed E-state index contributed by atoms with van der Waals surface area (Å²) in [6.07, 6.45) is 0. The molecule has 0 unspecified atom stereocenters. The summed E-state index contributed by atoms with van der Waals surface area (Å²) < 4.78 is 10.6. The molecule has 7 nitrogen and oxygen atoms in total. The maximum absolute atomic E-state index is 10.5. The standard InChI is InChI=1S/C13H15N3O4S/c1-13(19-5-11(17)18)7-16(8-13)4-10-14-12(15-20-10)9-2-3-21-6-9/h2-3,6H,4-5,7-8H2,1H3,(H,17,18). The second-order valence-electron chi connectivity index (χ2n) is 5.30. The number of thiophene rings is 1. The predicted octanol–water partition coefficient (Wildman–Crippen LogP) is 1.47. The second-order valence-corrected chi connectivity index (χ2v) is 6.08. The van der Waals surface area contributed by atoms with Gasteiger partial charge in [0.25, 0.3) is 0 Å². The number of carboxylic acid groups (broad SMARTS) is 1. The van der Waals surface area contributed by atoms with Gasteiger partial charge in [0.05, 0.1) is 12.1 Å². The molecule has 0 saturated carbocycles. The van der Waals surface area contributed by atoms with Crippen LogP contribution in [0.2, 0.25) is 0 Å². The summed E-state index contributed by atoms with van der Waals surface area (Å²) in [5.41, 5.74) is 0.544. The van der Waals surface area contributed by atoms with E-state index in [0.717, 1.165) is 5.56 Å². The molecule has 21 heavy (non-hydrogen) atoms. The molecule has 1 saturated heterocycles. The minimum absolute atomic E-state index is 0.271. The molecule has 112 valence electrons. The topological polar surface area (TPSA) is 88.7 Å². The molecule has 1 aliphatic rings. The van der Waals surface area contributed by atoms with Gasteiger partial charge in [-0.15, -0.1) is 0 Å². The van der Waals surface area contributed by atoms with Gasteiger partial charge in [-0.2, -0.15) is 16.3 Å². The van der Waals surface area contributed by atoms with Gasteiger partial charge in [0.1, 0.15) is 6.61 Å². The molecule has 0 atom stereocenters. The lowest BCUT2D eigenvalue weighted by atomic mass is 9.96. The molecule has 0 aromatic carbocycles. The Morgan fingerprint density at radius 2 is 2.43 bits per heavy atom. The van der Waals surface area contributed by atoms with Gasteiger partial charge in [0.2, 0.25) is 11.7 Å². The predicted molar refractivity (Wildman–Crippen MR) is 74.9 cm³/mol. The summed E-state index contributed by atoms with van der Waals surface area (Å²) in [4.78, 5) is 16.9. The first-order valence-electron chi connectivity index (χ1n) is 6.47. The van der Waals surface area contributed by atoms with E-state index >= 15 is 0 Å². The van der Waals surface area contributed by atoms with E-state index in [2.05, 4.69) is 15.0 Å². The molecule has 1 aliphatic heterocycles. The molecule has 0 radical (unpaired) electrons. The average Bonchev–Trinajstić information content (AvgIpc) is 3.04. The molecule has 2 aromatic rings. The summed E-state index contributed by atoms with van der Waals surface area (Å²) in [5, 5.41) is 16.5. The zero-order chi connectivity index (χ0) is 14.9. The largest absolute Gasteiger partial charge is 0.480 e. The van der Waals surface area contributed by atoms with Gasteiger partial charge in [-0.25, -0.2) is 4.79 Å². The Bertz CT molecular complexity index is 619. The third-order valence-electron chi connectivity index (χ3n) is 3.27. The Morgan fingerprint density at radius 1 is 1.62 bits per heavy atom. The summed E-state index contributed by atoms with van der Waals surface area (Å²) in [5.74, 6) is 0.195. The number of likely N-dealkylation sites (tertiary alicyclic amines) is 1. The maximum Gasteiger partial charge on any atom is 0.329 e. The minimum Gasteiger partial charge on any atom is -0.480 e. The molecule has 1 N–H and O–H groups in total. The fraction of sp³-hybridized carbons (Fsp3) is 0.462. The molecular formula is C13H15N3O4S. The molecule has 2 aromatic heterocycles. The molecule has 8 heteroatoms. The van der Waals surface area contributed by atoms with Crippen molar-refractivity contribution in [3.05, 3.63) is 22.7 Å². The van der Waals surface area contributed by atoms with E-state index in [1.165, 1.54) is 0 Å². The van der Waals surface area contributed by atoms with Gasteiger partial charge in [-0.05, 0) is 18.4 Å². The first-order chi connectivity index (χ1) is 10.0. The lowest BCUT2D eigenvalue weighted by molar-refractivity contribution is -0.166. The first kappa shape index (κ1) is 14.2. The normalized spacial score (nSPS) is 17.6. The van der Waals surface area contributed by atoms with Crippen LogP contribution in [0.4, 0.5) is 0 Å². The zero-order valence-corrected chi connectivity index (χ0v) is 12.3. The van der Waals surface area contributed by atoms with E-state index in [-0.39, 0.29) is 6.61 Å².